The highest BCUT2D eigenvalue weighted by atomic mass is 19.3. The normalized spacial score (nSPS) is 12.3. The van der Waals surface area contributed by atoms with E-state index in [0.29, 0.717) is 11.8 Å². The van der Waals surface area contributed by atoms with Crippen LogP contribution >= 0.6 is 0 Å². The van der Waals surface area contributed by atoms with E-state index < -0.39 is 18.8 Å². The van der Waals surface area contributed by atoms with Gasteiger partial charge in [0.15, 0.2) is 6.29 Å². The third-order valence-electron chi connectivity index (χ3n) is 2.06. The summed E-state index contributed by atoms with van der Waals surface area (Å²) in [6.07, 6.45) is 0.300. The predicted octanol–water partition coefficient (Wildman–Crippen LogP) is 2.27. The maximum Gasteiger partial charge on any atom is 0.257 e. The van der Waals surface area contributed by atoms with Gasteiger partial charge in [-0.15, -0.1) is 0 Å². The van der Waals surface area contributed by atoms with Crippen LogP contribution in [0.1, 0.15) is 15.9 Å². The lowest BCUT2D eigenvalue weighted by molar-refractivity contribution is 0.111. The highest BCUT2D eigenvalue weighted by molar-refractivity contribution is 5.84. The largest absolute Gasteiger partial charge is 0.398 e. The SMILES string of the molecule is NC(=CC=NCC(F)F)c1ccc(C=O)c(F)c1. The first-order valence-corrected chi connectivity index (χ1v) is 5.03. The first kappa shape index (κ1) is 14.0. The summed E-state index contributed by atoms with van der Waals surface area (Å²) in [5, 5.41) is 0. The first-order valence-electron chi connectivity index (χ1n) is 5.03. The Morgan fingerprint density at radius 2 is 2.17 bits per heavy atom. The van der Waals surface area contributed by atoms with Gasteiger partial charge in [-0.05, 0) is 18.2 Å². The van der Waals surface area contributed by atoms with Gasteiger partial charge in [-0.1, -0.05) is 6.07 Å². The van der Waals surface area contributed by atoms with Crippen LogP contribution in [-0.4, -0.2) is 25.5 Å². The molecular weight excluding hydrogens is 245 g/mol. The van der Waals surface area contributed by atoms with Crippen molar-refractivity contribution in [1.82, 2.24) is 0 Å². The molecule has 0 saturated carbocycles. The number of aliphatic imine (C=N–C) groups is 1. The van der Waals surface area contributed by atoms with Crippen LogP contribution < -0.4 is 5.73 Å². The summed E-state index contributed by atoms with van der Waals surface area (Å²) in [7, 11) is 0. The van der Waals surface area contributed by atoms with E-state index in [2.05, 4.69) is 4.99 Å². The minimum absolute atomic E-state index is 0.0714. The van der Waals surface area contributed by atoms with E-state index in [4.69, 9.17) is 5.73 Å². The topological polar surface area (TPSA) is 55.4 Å². The molecule has 0 atom stereocenters. The molecule has 3 nitrogen and oxygen atoms in total. The quantitative estimate of drug-likeness (QED) is 0.649. The fourth-order valence-electron chi connectivity index (χ4n) is 1.17. The average Bonchev–Trinajstić information content (AvgIpc) is 2.34. The van der Waals surface area contributed by atoms with Crippen molar-refractivity contribution in [3.8, 4) is 0 Å². The molecule has 18 heavy (non-hydrogen) atoms. The van der Waals surface area contributed by atoms with Gasteiger partial charge in [0.25, 0.3) is 6.43 Å². The molecule has 96 valence electrons. The minimum Gasteiger partial charge on any atom is -0.398 e. The summed E-state index contributed by atoms with van der Waals surface area (Å²) >= 11 is 0. The summed E-state index contributed by atoms with van der Waals surface area (Å²) in [6, 6.07) is 3.84. The fourth-order valence-corrected chi connectivity index (χ4v) is 1.17. The van der Waals surface area contributed by atoms with E-state index in [-0.39, 0.29) is 11.3 Å². The van der Waals surface area contributed by atoms with Crippen molar-refractivity contribution >= 4 is 18.2 Å². The highest BCUT2D eigenvalue weighted by Gasteiger charge is 2.03. The van der Waals surface area contributed by atoms with Crippen molar-refractivity contribution in [2.75, 3.05) is 6.54 Å². The van der Waals surface area contributed by atoms with Crippen LogP contribution in [0, 0.1) is 5.82 Å². The summed E-state index contributed by atoms with van der Waals surface area (Å²) in [4.78, 5) is 13.8. The summed E-state index contributed by atoms with van der Waals surface area (Å²) in [5.74, 6) is -0.691. The lowest BCUT2D eigenvalue weighted by atomic mass is 10.1. The van der Waals surface area contributed by atoms with E-state index in [0.717, 1.165) is 12.3 Å². The van der Waals surface area contributed by atoms with Gasteiger partial charge >= 0.3 is 0 Å². The second-order valence-corrected chi connectivity index (χ2v) is 3.38. The third-order valence-corrected chi connectivity index (χ3v) is 2.06. The predicted molar refractivity (Wildman–Crippen MR) is 63.3 cm³/mol. The second-order valence-electron chi connectivity index (χ2n) is 3.38. The lowest BCUT2D eigenvalue weighted by Gasteiger charge is -2.02. The zero-order valence-electron chi connectivity index (χ0n) is 9.32. The van der Waals surface area contributed by atoms with Crippen LogP contribution in [0.4, 0.5) is 13.2 Å². The van der Waals surface area contributed by atoms with Crippen molar-refractivity contribution in [3.63, 3.8) is 0 Å². The molecule has 0 aliphatic heterocycles. The van der Waals surface area contributed by atoms with Crippen LogP contribution in [0.15, 0.2) is 29.3 Å². The molecule has 0 fully saturated rings. The number of allylic oxidation sites excluding steroid dienone is 1. The molecule has 0 bridgehead atoms. The summed E-state index contributed by atoms with van der Waals surface area (Å²) in [6.45, 7) is -0.609. The number of rotatable bonds is 5. The van der Waals surface area contributed by atoms with E-state index in [9.17, 15) is 18.0 Å². The number of aldehydes is 1. The smallest absolute Gasteiger partial charge is 0.257 e. The Balaban J connectivity index is 2.80. The highest BCUT2D eigenvalue weighted by Crippen LogP contribution is 2.13. The van der Waals surface area contributed by atoms with E-state index in [1.807, 2.05) is 0 Å². The Bertz CT molecular complexity index is 484. The number of benzene rings is 1. The molecule has 0 aromatic heterocycles. The second kappa shape index (κ2) is 6.58. The Labute approximate surface area is 102 Å². The molecule has 6 heteroatoms. The average molecular weight is 256 g/mol. The number of hydrogen-bond donors (Lipinski definition) is 1. The molecule has 0 aliphatic carbocycles. The lowest BCUT2D eigenvalue weighted by Crippen LogP contribution is -1.99. The van der Waals surface area contributed by atoms with Gasteiger partial charge in [0, 0.05) is 17.5 Å². The molecule has 1 aromatic rings. The Morgan fingerprint density at radius 1 is 1.44 bits per heavy atom. The molecule has 0 heterocycles. The molecule has 1 aromatic carbocycles. The number of carbonyl (C=O) groups excluding carboxylic acids is 1. The standard InChI is InChI=1S/C12H11F3N2O/c13-10-5-8(1-2-9(10)7-18)11(16)3-4-17-6-12(14)15/h1-5,7,12H,6,16H2. The molecule has 0 aliphatic rings. The molecule has 0 spiro atoms. The van der Waals surface area contributed by atoms with Crippen LogP contribution in [-0.2, 0) is 0 Å². The van der Waals surface area contributed by atoms with Gasteiger partial charge in [-0.3, -0.25) is 9.79 Å². The van der Waals surface area contributed by atoms with Crippen molar-refractivity contribution < 1.29 is 18.0 Å². The van der Waals surface area contributed by atoms with Gasteiger partial charge in [0.1, 0.15) is 5.82 Å². The molecule has 0 radical (unpaired) electrons. The number of nitrogens with zero attached hydrogens (tertiary/aromatic N) is 1. The zero-order chi connectivity index (χ0) is 13.5. The van der Waals surface area contributed by atoms with Crippen molar-refractivity contribution in [2.45, 2.75) is 6.43 Å². The summed E-state index contributed by atoms with van der Waals surface area (Å²) in [5.41, 5.74) is 6.05. The van der Waals surface area contributed by atoms with Crippen LogP contribution in [0.3, 0.4) is 0 Å². The molecule has 2 N–H and O–H groups in total. The van der Waals surface area contributed by atoms with Gasteiger partial charge in [0.05, 0.1) is 12.1 Å². The minimum atomic E-state index is -2.51. The van der Waals surface area contributed by atoms with Crippen LogP contribution in [0.5, 0.6) is 0 Å². The molecule has 0 saturated heterocycles. The Hall–Kier alpha value is -2.11. The molecular formula is C12H11F3N2O. The fraction of sp³-hybridized carbons (Fsp3) is 0.167. The first-order chi connectivity index (χ1) is 8.54. The number of nitrogens with two attached hydrogens (primary N) is 1. The van der Waals surface area contributed by atoms with Crippen LogP contribution in [0.25, 0.3) is 5.70 Å². The van der Waals surface area contributed by atoms with E-state index in [1.54, 1.807) is 0 Å². The third kappa shape index (κ3) is 4.04. The molecule has 0 amide bonds. The Kier molecular flexibility index (Phi) is 5.10. The zero-order valence-corrected chi connectivity index (χ0v) is 9.32. The van der Waals surface area contributed by atoms with Crippen molar-refractivity contribution in [1.29, 1.82) is 0 Å². The van der Waals surface area contributed by atoms with Crippen molar-refractivity contribution in [2.24, 2.45) is 10.7 Å². The maximum absolute atomic E-state index is 13.3. The number of alkyl halides is 2. The van der Waals surface area contributed by atoms with E-state index >= 15 is 0 Å². The number of hydrogen-bond acceptors (Lipinski definition) is 3. The van der Waals surface area contributed by atoms with E-state index in [1.165, 1.54) is 18.2 Å². The van der Waals surface area contributed by atoms with Gasteiger partial charge in [-0.25, -0.2) is 13.2 Å². The summed E-state index contributed by atoms with van der Waals surface area (Å²) < 4.78 is 36.8. The van der Waals surface area contributed by atoms with Crippen LogP contribution in [0.2, 0.25) is 0 Å². The molecule has 1 rings (SSSR count). The van der Waals surface area contributed by atoms with Gasteiger partial charge in [0.2, 0.25) is 0 Å². The molecule has 0 unspecified atom stereocenters. The van der Waals surface area contributed by atoms with Gasteiger partial charge in [-0.2, -0.15) is 0 Å². The Morgan fingerprint density at radius 3 is 2.72 bits per heavy atom. The maximum atomic E-state index is 13.3. The van der Waals surface area contributed by atoms with Gasteiger partial charge < -0.3 is 5.73 Å². The monoisotopic (exact) mass is 256 g/mol. The number of halogens is 3. The number of carbonyl (C=O) groups is 1. The van der Waals surface area contributed by atoms with Crippen molar-refractivity contribution in [3.05, 3.63) is 41.2 Å².